The van der Waals surface area contributed by atoms with Gasteiger partial charge >= 0.3 is 0 Å². The molecule has 0 aromatic heterocycles. The number of aromatic hydroxyl groups is 1. The van der Waals surface area contributed by atoms with Gasteiger partial charge in [0, 0.05) is 13.2 Å². The third-order valence-electron chi connectivity index (χ3n) is 2.89. The molecule has 1 amide bonds. The van der Waals surface area contributed by atoms with E-state index in [1.165, 1.54) is 0 Å². The smallest absolute Gasteiger partial charge is 0.242 e. The Bertz CT molecular complexity index is 397. The molecular weight excluding hydrogens is 220 g/mol. The lowest BCUT2D eigenvalue weighted by molar-refractivity contribution is -0.126. The van der Waals surface area contributed by atoms with Crippen molar-refractivity contribution in [2.75, 3.05) is 13.2 Å². The van der Waals surface area contributed by atoms with E-state index < -0.39 is 5.54 Å². The second-order valence-electron chi connectivity index (χ2n) is 4.31. The first-order chi connectivity index (χ1) is 8.10. The zero-order valence-electron chi connectivity index (χ0n) is 9.48. The van der Waals surface area contributed by atoms with Crippen LogP contribution in [0.2, 0.25) is 0 Å². The van der Waals surface area contributed by atoms with Gasteiger partial charge in [0.25, 0.3) is 0 Å². The van der Waals surface area contributed by atoms with Crippen molar-refractivity contribution in [2.24, 2.45) is 5.73 Å². The van der Waals surface area contributed by atoms with Crippen LogP contribution in [0.15, 0.2) is 24.3 Å². The Balaban J connectivity index is 1.89. The molecule has 0 radical (unpaired) electrons. The zero-order valence-corrected chi connectivity index (χ0v) is 9.48. The molecule has 0 saturated carbocycles. The van der Waals surface area contributed by atoms with Crippen LogP contribution in [0.25, 0.3) is 0 Å². The van der Waals surface area contributed by atoms with Gasteiger partial charge < -0.3 is 20.9 Å². The molecule has 1 heterocycles. The minimum absolute atomic E-state index is 0.192. The molecule has 1 aromatic rings. The van der Waals surface area contributed by atoms with Crippen LogP contribution in [-0.2, 0) is 16.1 Å². The van der Waals surface area contributed by atoms with Crippen molar-refractivity contribution in [2.45, 2.75) is 18.5 Å². The second kappa shape index (κ2) is 4.73. The van der Waals surface area contributed by atoms with Crippen LogP contribution in [0, 0.1) is 0 Å². The van der Waals surface area contributed by atoms with Gasteiger partial charge in [0.15, 0.2) is 0 Å². The first-order valence-corrected chi connectivity index (χ1v) is 5.53. The maximum Gasteiger partial charge on any atom is 0.242 e. The third kappa shape index (κ3) is 2.75. The summed E-state index contributed by atoms with van der Waals surface area (Å²) in [6.07, 6.45) is 0.550. The fourth-order valence-electron chi connectivity index (χ4n) is 1.73. The van der Waals surface area contributed by atoms with E-state index in [0.29, 0.717) is 19.6 Å². The number of hydrogen-bond donors (Lipinski definition) is 3. The van der Waals surface area contributed by atoms with Gasteiger partial charge in [-0.15, -0.1) is 0 Å². The van der Waals surface area contributed by atoms with Crippen molar-refractivity contribution in [1.29, 1.82) is 0 Å². The van der Waals surface area contributed by atoms with Crippen molar-refractivity contribution in [3.8, 4) is 5.75 Å². The molecule has 1 aromatic carbocycles. The molecule has 2 rings (SSSR count). The molecule has 4 N–H and O–H groups in total. The van der Waals surface area contributed by atoms with E-state index in [1.54, 1.807) is 24.3 Å². The van der Waals surface area contributed by atoms with E-state index in [4.69, 9.17) is 15.6 Å². The van der Waals surface area contributed by atoms with Crippen LogP contribution in [-0.4, -0.2) is 29.8 Å². The van der Waals surface area contributed by atoms with Gasteiger partial charge in [0.1, 0.15) is 11.3 Å². The monoisotopic (exact) mass is 236 g/mol. The average molecular weight is 236 g/mol. The van der Waals surface area contributed by atoms with Crippen molar-refractivity contribution < 1.29 is 14.6 Å². The molecule has 1 saturated heterocycles. The highest BCUT2D eigenvalue weighted by Crippen LogP contribution is 2.16. The van der Waals surface area contributed by atoms with Gasteiger partial charge in [-0.3, -0.25) is 4.79 Å². The molecule has 0 bridgehead atoms. The van der Waals surface area contributed by atoms with Crippen LogP contribution >= 0.6 is 0 Å². The molecule has 5 nitrogen and oxygen atoms in total. The first kappa shape index (κ1) is 11.9. The van der Waals surface area contributed by atoms with Gasteiger partial charge in [-0.25, -0.2) is 0 Å². The van der Waals surface area contributed by atoms with Gasteiger partial charge in [-0.1, -0.05) is 12.1 Å². The number of ether oxygens (including phenoxy) is 1. The Morgan fingerprint density at radius 2 is 2.18 bits per heavy atom. The van der Waals surface area contributed by atoms with Gasteiger partial charge in [-0.05, 0) is 24.1 Å². The average Bonchev–Trinajstić information content (AvgIpc) is 2.76. The number of nitrogens with two attached hydrogens (primary N) is 1. The van der Waals surface area contributed by atoms with Crippen LogP contribution < -0.4 is 11.1 Å². The fraction of sp³-hybridized carbons (Fsp3) is 0.417. The molecule has 1 atom stereocenters. The first-order valence-electron chi connectivity index (χ1n) is 5.53. The van der Waals surface area contributed by atoms with Crippen molar-refractivity contribution in [3.05, 3.63) is 29.8 Å². The molecule has 1 aliphatic rings. The maximum absolute atomic E-state index is 11.8. The topological polar surface area (TPSA) is 84.6 Å². The molecule has 1 unspecified atom stereocenters. The number of carbonyl (C=O) groups excluding carboxylic acids is 1. The Labute approximate surface area is 99.6 Å². The summed E-state index contributed by atoms with van der Waals surface area (Å²) in [7, 11) is 0. The summed E-state index contributed by atoms with van der Waals surface area (Å²) >= 11 is 0. The van der Waals surface area contributed by atoms with Crippen LogP contribution in [0.4, 0.5) is 0 Å². The molecule has 1 aliphatic heterocycles. The van der Waals surface area contributed by atoms with Gasteiger partial charge in [0.2, 0.25) is 5.91 Å². The van der Waals surface area contributed by atoms with E-state index in [1.807, 2.05) is 0 Å². The third-order valence-corrected chi connectivity index (χ3v) is 2.89. The zero-order chi connectivity index (χ0) is 12.3. The molecule has 17 heavy (non-hydrogen) atoms. The standard InChI is InChI=1S/C12H16N2O3/c13-12(5-6-17-8-12)11(16)14-7-9-1-3-10(15)4-2-9/h1-4,15H,5-8,13H2,(H,14,16). The lowest BCUT2D eigenvalue weighted by Gasteiger charge is -2.20. The van der Waals surface area contributed by atoms with Crippen molar-refractivity contribution in [3.63, 3.8) is 0 Å². The van der Waals surface area contributed by atoms with Crippen molar-refractivity contribution >= 4 is 5.91 Å². The molecular formula is C12H16N2O3. The van der Waals surface area contributed by atoms with E-state index in [0.717, 1.165) is 5.56 Å². The largest absolute Gasteiger partial charge is 0.508 e. The lowest BCUT2D eigenvalue weighted by Crippen LogP contribution is -2.54. The molecule has 92 valence electrons. The molecule has 0 spiro atoms. The van der Waals surface area contributed by atoms with Gasteiger partial charge in [0.05, 0.1) is 6.61 Å². The highest BCUT2D eigenvalue weighted by atomic mass is 16.5. The summed E-state index contributed by atoms with van der Waals surface area (Å²) in [5.74, 6) is 0.0163. The minimum atomic E-state index is -0.892. The maximum atomic E-state index is 11.8. The van der Waals surface area contributed by atoms with E-state index in [2.05, 4.69) is 5.32 Å². The van der Waals surface area contributed by atoms with E-state index >= 15 is 0 Å². The lowest BCUT2D eigenvalue weighted by atomic mass is 9.99. The number of phenolic OH excluding ortho intramolecular Hbond substituents is 1. The highest BCUT2D eigenvalue weighted by molar-refractivity contribution is 5.86. The number of benzene rings is 1. The van der Waals surface area contributed by atoms with Crippen LogP contribution in [0.5, 0.6) is 5.75 Å². The number of nitrogens with one attached hydrogen (secondary N) is 1. The van der Waals surface area contributed by atoms with E-state index in [-0.39, 0.29) is 18.3 Å². The highest BCUT2D eigenvalue weighted by Gasteiger charge is 2.37. The summed E-state index contributed by atoms with van der Waals surface area (Å²) in [4.78, 5) is 11.8. The van der Waals surface area contributed by atoms with Crippen LogP contribution in [0.3, 0.4) is 0 Å². The number of amides is 1. The molecule has 1 fully saturated rings. The number of rotatable bonds is 3. The Morgan fingerprint density at radius 1 is 1.47 bits per heavy atom. The second-order valence-corrected chi connectivity index (χ2v) is 4.31. The predicted molar refractivity (Wildman–Crippen MR) is 62.3 cm³/mol. The summed E-state index contributed by atoms with van der Waals surface area (Å²) in [6.45, 7) is 1.20. The summed E-state index contributed by atoms with van der Waals surface area (Å²) in [6, 6.07) is 6.67. The SMILES string of the molecule is NC1(C(=O)NCc2ccc(O)cc2)CCOC1. The summed E-state index contributed by atoms with van der Waals surface area (Å²) < 4.78 is 5.13. The fourth-order valence-corrected chi connectivity index (χ4v) is 1.73. The Morgan fingerprint density at radius 3 is 2.76 bits per heavy atom. The molecule has 0 aliphatic carbocycles. The molecule has 5 heteroatoms. The quantitative estimate of drug-likeness (QED) is 0.696. The Hall–Kier alpha value is -1.59. The van der Waals surface area contributed by atoms with Gasteiger partial charge in [-0.2, -0.15) is 0 Å². The number of hydrogen-bond acceptors (Lipinski definition) is 4. The summed E-state index contributed by atoms with van der Waals surface area (Å²) in [5.41, 5.74) is 5.94. The van der Waals surface area contributed by atoms with Crippen LogP contribution in [0.1, 0.15) is 12.0 Å². The number of phenols is 1. The normalized spacial score (nSPS) is 23.6. The van der Waals surface area contributed by atoms with E-state index in [9.17, 15) is 4.79 Å². The number of carbonyl (C=O) groups is 1. The minimum Gasteiger partial charge on any atom is -0.508 e. The summed E-state index contributed by atoms with van der Waals surface area (Å²) in [5, 5.41) is 11.9. The predicted octanol–water partition coefficient (Wildman–Crippen LogP) is 0.126. The Kier molecular flexibility index (Phi) is 3.31. The van der Waals surface area contributed by atoms with Crippen molar-refractivity contribution in [1.82, 2.24) is 5.32 Å².